The Morgan fingerprint density at radius 3 is 2.63 bits per heavy atom. The number of benzene rings is 1. The van der Waals surface area contributed by atoms with E-state index < -0.39 is 0 Å². The van der Waals surface area contributed by atoms with Gasteiger partial charge in [-0.05, 0) is 51.0 Å². The van der Waals surface area contributed by atoms with Crippen LogP contribution < -0.4 is 10.1 Å². The number of aromatic nitrogens is 1. The lowest BCUT2D eigenvalue weighted by atomic mass is 10.0. The average Bonchev–Trinajstić information content (AvgIpc) is 2.36. The molecule has 0 radical (unpaired) electrons. The number of ether oxygens (including phenoxy) is 1. The summed E-state index contributed by atoms with van der Waals surface area (Å²) in [5.74, 6) is 0.895. The van der Waals surface area contributed by atoms with E-state index in [0.29, 0.717) is 0 Å². The van der Waals surface area contributed by atoms with E-state index in [1.165, 1.54) is 11.3 Å². The van der Waals surface area contributed by atoms with Crippen LogP contribution in [0.5, 0.6) is 5.75 Å². The van der Waals surface area contributed by atoms with Gasteiger partial charge in [0.15, 0.2) is 0 Å². The van der Waals surface area contributed by atoms with Crippen molar-refractivity contribution in [1.29, 1.82) is 0 Å². The summed E-state index contributed by atoms with van der Waals surface area (Å²) in [6, 6.07) is 6.09. The fourth-order valence-corrected chi connectivity index (χ4v) is 2.47. The summed E-state index contributed by atoms with van der Waals surface area (Å²) >= 11 is 0. The molecule has 0 unspecified atom stereocenters. The van der Waals surface area contributed by atoms with E-state index in [0.717, 1.165) is 28.8 Å². The van der Waals surface area contributed by atoms with E-state index in [1.807, 2.05) is 33.0 Å². The van der Waals surface area contributed by atoms with Crippen molar-refractivity contribution in [2.75, 3.05) is 12.4 Å². The van der Waals surface area contributed by atoms with Gasteiger partial charge in [0, 0.05) is 23.8 Å². The standard InChI is InChI=1S/C16H22N2O/c1-6-13-11(4)18-15-8-7-12(19-10(2)3)9-14(15)16(13)17-5/h7-10H,6H2,1-5H3,(H,17,18). The Balaban J connectivity index is 2.65. The van der Waals surface area contributed by atoms with E-state index in [2.05, 4.69) is 30.2 Å². The van der Waals surface area contributed by atoms with Gasteiger partial charge in [0.2, 0.25) is 0 Å². The van der Waals surface area contributed by atoms with Crippen LogP contribution >= 0.6 is 0 Å². The van der Waals surface area contributed by atoms with Gasteiger partial charge in [-0.25, -0.2) is 0 Å². The molecule has 0 amide bonds. The highest BCUT2D eigenvalue weighted by atomic mass is 16.5. The number of nitrogens with zero attached hydrogens (tertiary/aromatic N) is 1. The van der Waals surface area contributed by atoms with Gasteiger partial charge in [-0.2, -0.15) is 0 Å². The third-order valence-corrected chi connectivity index (χ3v) is 3.24. The lowest BCUT2D eigenvalue weighted by molar-refractivity contribution is 0.243. The molecule has 3 heteroatoms. The van der Waals surface area contributed by atoms with E-state index in [9.17, 15) is 0 Å². The number of aryl methyl sites for hydroxylation is 1. The van der Waals surface area contributed by atoms with Gasteiger partial charge in [0.1, 0.15) is 5.75 Å². The van der Waals surface area contributed by atoms with Crippen molar-refractivity contribution < 1.29 is 4.74 Å². The van der Waals surface area contributed by atoms with Crippen molar-refractivity contribution in [3.63, 3.8) is 0 Å². The zero-order chi connectivity index (χ0) is 14.0. The molecular formula is C16H22N2O. The molecule has 1 aromatic carbocycles. The first-order valence-electron chi connectivity index (χ1n) is 6.84. The van der Waals surface area contributed by atoms with Crippen molar-refractivity contribution >= 4 is 16.6 Å². The summed E-state index contributed by atoms with van der Waals surface area (Å²) < 4.78 is 5.77. The molecule has 0 fully saturated rings. The Hall–Kier alpha value is -1.77. The van der Waals surface area contributed by atoms with Crippen molar-refractivity contribution in [1.82, 2.24) is 4.98 Å². The maximum atomic E-state index is 5.77. The SMILES string of the molecule is CCc1c(C)nc2ccc(OC(C)C)cc2c1NC. The lowest BCUT2D eigenvalue weighted by Gasteiger charge is -2.16. The van der Waals surface area contributed by atoms with Gasteiger partial charge in [0.05, 0.1) is 11.6 Å². The third-order valence-electron chi connectivity index (χ3n) is 3.24. The molecule has 0 aliphatic heterocycles. The third kappa shape index (κ3) is 2.65. The van der Waals surface area contributed by atoms with Crippen LogP contribution in [-0.2, 0) is 6.42 Å². The number of nitrogens with one attached hydrogen (secondary N) is 1. The van der Waals surface area contributed by atoms with Crippen LogP contribution in [-0.4, -0.2) is 18.1 Å². The molecule has 102 valence electrons. The first-order chi connectivity index (χ1) is 9.06. The molecule has 0 atom stereocenters. The lowest BCUT2D eigenvalue weighted by Crippen LogP contribution is -2.06. The van der Waals surface area contributed by atoms with Gasteiger partial charge >= 0.3 is 0 Å². The summed E-state index contributed by atoms with van der Waals surface area (Å²) in [5.41, 5.74) is 4.54. The monoisotopic (exact) mass is 258 g/mol. The van der Waals surface area contributed by atoms with E-state index in [4.69, 9.17) is 4.74 Å². The second kappa shape index (κ2) is 5.47. The minimum absolute atomic E-state index is 0.180. The molecule has 19 heavy (non-hydrogen) atoms. The number of hydrogen-bond acceptors (Lipinski definition) is 3. The molecule has 0 saturated carbocycles. The van der Waals surface area contributed by atoms with E-state index in [1.54, 1.807) is 0 Å². The molecule has 0 aliphatic rings. The van der Waals surface area contributed by atoms with Crippen LogP contribution in [0.1, 0.15) is 32.0 Å². The molecule has 2 rings (SSSR count). The first kappa shape index (κ1) is 13.7. The smallest absolute Gasteiger partial charge is 0.120 e. The zero-order valence-corrected chi connectivity index (χ0v) is 12.4. The van der Waals surface area contributed by atoms with Crippen LogP contribution in [0.4, 0.5) is 5.69 Å². The highest BCUT2D eigenvalue weighted by molar-refractivity contribution is 5.94. The van der Waals surface area contributed by atoms with Crippen LogP contribution in [0, 0.1) is 6.92 Å². The van der Waals surface area contributed by atoms with Crippen molar-refractivity contribution in [3.8, 4) is 5.75 Å². The largest absolute Gasteiger partial charge is 0.491 e. The predicted octanol–water partition coefficient (Wildman–Crippen LogP) is 3.93. The molecule has 2 aromatic rings. The van der Waals surface area contributed by atoms with Crippen molar-refractivity contribution in [3.05, 3.63) is 29.5 Å². The number of rotatable bonds is 4. The summed E-state index contributed by atoms with van der Waals surface area (Å²) in [6.07, 6.45) is 1.15. The van der Waals surface area contributed by atoms with Crippen LogP contribution in [0.3, 0.4) is 0 Å². The van der Waals surface area contributed by atoms with Gasteiger partial charge in [-0.15, -0.1) is 0 Å². The molecule has 1 N–H and O–H groups in total. The topological polar surface area (TPSA) is 34.1 Å². The van der Waals surface area contributed by atoms with Crippen molar-refractivity contribution in [2.45, 2.75) is 40.2 Å². The maximum Gasteiger partial charge on any atom is 0.120 e. The molecule has 1 heterocycles. The van der Waals surface area contributed by atoms with Gasteiger partial charge in [-0.1, -0.05) is 6.92 Å². The number of hydrogen-bond donors (Lipinski definition) is 1. The fraction of sp³-hybridized carbons (Fsp3) is 0.438. The molecule has 1 aromatic heterocycles. The van der Waals surface area contributed by atoms with E-state index >= 15 is 0 Å². The molecule has 0 aliphatic carbocycles. The highest BCUT2D eigenvalue weighted by Crippen LogP contribution is 2.31. The second-order valence-corrected chi connectivity index (χ2v) is 5.00. The Morgan fingerprint density at radius 1 is 1.32 bits per heavy atom. The Morgan fingerprint density at radius 2 is 2.05 bits per heavy atom. The Kier molecular flexibility index (Phi) is 3.93. The second-order valence-electron chi connectivity index (χ2n) is 5.00. The van der Waals surface area contributed by atoms with Crippen LogP contribution in [0.15, 0.2) is 18.2 Å². The maximum absolute atomic E-state index is 5.77. The molecule has 0 saturated heterocycles. The van der Waals surface area contributed by atoms with Crippen LogP contribution in [0.2, 0.25) is 0 Å². The summed E-state index contributed by atoms with van der Waals surface area (Å²) in [5, 5.41) is 4.44. The average molecular weight is 258 g/mol. The first-order valence-corrected chi connectivity index (χ1v) is 6.84. The van der Waals surface area contributed by atoms with Crippen molar-refractivity contribution in [2.24, 2.45) is 0 Å². The Labute approximate surface area is 115 Å². The normalized spacial score (nSPS) is 11.1. The molecule has 0 spiro atoms. The van der Waals surface area contributed by atoms with Gasteiger partial charge < -0.3 is 10.1 Å². The number of anilines is 1. The summed E-state index contributed by atoms with van der Waals surface area (Å²) in [4.78, 5) is 4.68. The molecule has 0 bridgehead atoms. The number of fused-ring (bicyclic) bond motifs is 1. The predicted molar refractivity (Wildman–Crippen MR) is 81.2 cm³/mol. The van der Waals surface area contributed by atoms with Crippen LogP contribution in [0.25, 0.3) is 10.9 Å². The highest BCUT2D eigenvalue weighted by Gasteiger charge is 2.11. The quantitative estimate of drug-likeness (QED) is 0.902. The van der Waals surface area contributed by atoms with E-state index in [-0.39, 0.29) is 6.10 Å². The Bertz CT molecular complexity index is 591. The van der Waals surface area contributed by atoms with Gasteiger partial charge in [0.25, 0.3) is 0 Å². The molecule has 3 nitrogen and oxygen atoms in total. The minimum atomic E-state index is 0.180. The zero-order valence-electron chi connectivity index (χ0n) is 12.4. The summed E-state index contributed by atoms with van der Waals surface area (Å²) in [6.45, 7) is 8.30. The minimum Gasteiger partial charge on any atom is -0.491 e. The number of pyridine rings is 1. The van der Waals surface area contributed by atoms with Gasteiger partial charge in [-0.3, -0.25) is 4.98 Å². The fourth-order valence-electron chi connectivity index (χ4n) is 2.47. The molecular weight excluding hydrogens is 236 g/mol. The summed E-state index contributed by atoms with van der Waals surface area (Å²) in [7, 11) is 1.96.